The van der Waals surface area contributed by atoms with E-state index in [1.807, 2.05) is 60.7 Å². The second kappa shape index (κ2) is 23.1. The van der Waals surface area contributed by atoms with Gasteiger partial charge >= 0.3 is 12.4 Å². The number of nitrogens with one attached hydrogen (secondary N) is 1. The van der Waals surface area contributed by atoms with E-state index in [1.54, 1.807) is 59.5 Å². The third-order valence-corrected chi connectivity index (χ3v) is 11.5. The number of piperazine rings is 2. The summed E-state index contributed by atoms with van der Waals surface area (Å²) in [5.41, 5.74) is 4.19. The van der Waals surface area contributed by atoms with Gasteiger partial charge < -0.3 is 10.2 Å². The first-order chi connectivity index (χ1) is 32.2. The highest BCUT2D eigenvalue weighted by atomic mass is 35.5. The number of alkyl halides is 6. The van der Waals surface area contributed by atoms with Crippen molar-refractivity contribution in [1.82, 2.24) is 20.0 Å². The molecule has 0 aromatic heterocycles. The van der Waals surface area contributed by atoms with Crippen LogP contribution >= 0.6 is 11.6 Å². The lowest BCUT2D eigenvalue weighted by molar-refractivity contribution is -0.138. The Morgan fingerprint density at radius 2 is 0.896 bits per heavy atom. The number of amides is 1. The van der Waals surface area contributed by atoms with Crippen molar-refractivity contribution in [3.8, 4) is 0 Å². The molecule has 2 aliphatic heterocycles. The zero-order chi connectivity index (χ0) is 48.0. The van der Waals surface area contributed by atoms with Crippen LogP contribution in [-0.2, 0) is 12.4 Å². The fraction of sp³-hybridized carbons (Fsp3) is 0.231. The maximum Gasteiger partial charge on any atom is 0.416 e. The summed E-state index contributed by atoms with van der Waals surface area (Å²) in [6.45, 7) is 19.5. The number of nitrogens with zero attached hydrogens (tertiary/aromatic N) is 5. The molecule has 6 aromatic carbocycles. The summed E-state index contributed by atoms with van der Waals surface area (Å²) in [6.07, 6.45) is -8.67. The van der Waals surface area contributed by atoms with Crippen LogP contribution in [0.5, 0.6) is 0 Å². The molecule has 2 saturated heterocycles. The minimum atomic E-state index is -4.38. The van der Waals surface area contributed by atoms with E-state index >= 15 is 0 Å². The molecule has 67 heavy (non-hydrogen) atoms. The van der Waals surface area contributed by atoms with Gasteiger partial charge in [-0.05, 0) is 70.3 Å². The van der Waals surface area contributed by atoms with Crippen molar-refractivity contribution in [2.45, 2.75) is 24.4 Å². The van der Waals surface area contributed by atoms with Crippen LogP contribution < -0.4 is 5.32 Å². The zero-order valence-electron chi connectivity index (χ0n) is 36.0. The molecule has 15 heteroatoms. The number of rotatable bonds is 8. The number of hydrogen-bond acceptors (Lipinski definition) is 5. The molecule has 2 unspecified atom stereocenters. The largest absolute Gasteiger partial charge is 0.416 e. The van der Waals surface area contributed by atoms with Crippen LogP contribution in [0, 0.1) is 13.1 Å². The smallest absolute Gasteiger partial charge is 0.336 e. The van der Waals surface area contributed by atoms with E-state index < -0.39 is 28.7 Å². The first-order valence-corrected chi connectivity index (χ1v) is 21.6. The predicted octanol–water partition coefficient (Wildman–Crippen LogP) is 12.1. The van der Waals surface area contributed by atoms with Gasteiger partial charge in [-0.15, -0.1) is 0 Å². The average molecular weight is 935 g/mol. The molecule has 6 aromatic rings. The first kappa shape index (κ1) is 49.6. The van der Waals surface area contributed by atoms with Crippen molar-refractivity contribution in [2.24, 2.45) is 0 Å². The van der Waals surface area contributed by atoms with Crippen LogP contribution in [0.4, 0.5) is 37.7 Å². The van der Waals surface area contributed by atoms with Crippen LogP contribution in [-0.4, -0.2) is 78.2 Å². The summed E-state index contributed by atoms with van der Waals surface area (Å²) in [5, 5.41) is 2.78. The Labute approximate surface area is 390 Å². The molecule has 0 radical (unpaired) electrons. The number of halogens is 7. The lowest BCUT2D eigenvalue weighted by Crippen LogP contribution is -2.49. The quantitative estimate of drug-likeness (QED) is 0.0936. The first-order valence-electron chi connectivity index (χ1n) is 21.2. The fourth-order valence-corrected chi connectivity index (χ4v) is 8.04. The molecule has 344 valence electrons. The highest BCUT2D eigenvalue weighted by Gasteiger charge is 2.33. The Bertz CT molecular complexity index is 2640. The van der Waals surface area contributed by atoms with Gasteiger partial charge in [0.05, 0.1) is 36.4 Å². The third kappa shape index (κ3) is 13.6. The van der Waals surface area contributed by atoms with E-state index in [0.717, 1.165) is 60.6 Å². The summed E-state index contributed by atoms with van der Waals surface area (Å²) in [4.78, 5) is 36.3. The number of hydrogen-bond donors (Lipinski definition) is 1. The van der Waals surface area contributed by atoms with Crippen LogP contribution in [0.25, 0.3) is 9.69 Å². The highest BCUT2D eigenvalue weighted by Crippen LogP contribution is 2.35. The Morgan fingerprint density at radius 1 is 0.507 bits per heavy atom. The minimum Gasteiger partial charge on any atom is -0.336 e. The normalized spacial score (nSPS) is 15.3. The van der Waals surface area contributed by atoms with Crippen LogP contribution in [0.1, 0.15) is 66.2 Å². The lowest BCUT2D eigenvalue weighted by atomic mass is 9.95. The van der Waals surface area contributed by atoms with Gasteiger partial charge in [-0.25, -0.2) is 9.69 Å². The van der Waals surface area contributed by atoms with Gasteiger partial charge in [0.1, 0.15) is 0 Å². The topological polar surface area (TPSA) is 64.6 Å². The van der Waals surface area contributed by atoms with Gasteiger partial charge in [-0.2, -0.15) is 26.3 Å². The van der Waals surface area contributed by atoms with Crippen molar-refractivity contribution in [1.29, 1.82) is 0 Å². The van der Waals surface area contributed by atoms with Gasteiger partial charge in [0, 0.05) is 63.5 Å². The Morgan fingerprint density at radius 3 is 1.30 bits per heavy atom. The summed E-state index contributed by atoms with van der Waals surface area (Å²) < 4.78 is 77.5. The molecule has 8 nitrogen and oxygen atoms in total. The minimum absolute atomic E-state index is 0.0133. The van der Waals surface area contributed by atoms with Crippen molar-refractivity contribution >= 4 is 34.1 Å². The lowest BCUT2D eigenvalue weighted by Gasteiger charge is -2.40. The van der Waals surface area contributed by atoms with Crippen LogP contribution in [0.15, 0.2) is 158 Å². The maximum absolute atomic E-state index is 13.0. The van der Waals surface area contributed by atoms with Gasteiger partial charge in [-0.3, -0.25) is 19.4 Å². The standard InChI is InChI=1S/C26H22F3N3O.C18H19F3N2.C8H4ClNO/c1-30-23-9-5-8-21(18-23)25(33)32-16-14-31(15-17-32)24(19-6-3-2-4-7-19)20-10-12-22(13-11-20)26(27,28)29;19-18(20,21)16-8-6-15(7-9-16)17(14-4-2-1-3-5-14)23-12-10-22-11-13-23;1-10-7-4-2-3-6(5-7)8(9)11/h2-13,18,24H,14-17H2;1-9,17,22H,10-13H2;2-5H. The van der Waals surface area contributed by atoms with Crippen molar-refractivity contribution in [3.05, 3.63) is 225 Å². The number of carbonyl (C=O) groups is 2. The van der Waals surface area contributed by atoms with E-state index in [-0.39, 0.29) is 18.0 Å². The summed E-state index contributed by atoms with van der Waals surface area (Å²) in [5.74, 6) is -0.119. The average Bonchev–Trinajstić information content (AvgIpc) is 3.35. The van der Waals surface area contributed by atoms with E-state index in [9.17, 15) is 35.9 Å². The molecular formula is C52H45ClF6N6O2. The molecule has 2 fully saturated rings. The van der Waals surface area contributed by atoms with Crippen molar-refractivity contribution in [3.63, 3.8) is 0 Å². The summed E-state index contributed by atoms with van der Waals surface area (Å²) >= 11 is 5.19. The fourth-order valence-electron chi connectivity index (χ4n) is 7.92. The molecule has 0 bridgehead atoms. The second-order valence-corrected chi connectivity index (χ2v) is 15.9. The number of benzene rings is 6. The monoisotopic (exact) mass is 934 g/mol. The summed E-state index contributed by atoms with van der Waals surface area (Å²) in [7, 11) is 0. The predicted molar refractivity (Wildman–Crippen MR) is 247 cm³/mol. The molecule has 0 saturated carbocycles. The van der Waals surface area contributed by atoms with E-state index in [0.29, 0.717) is 48.7 Å². The van der Waals surface area contributed by atoms with E-state index in [2.05, 4.69) is 24.8 Å². The van der Waals surface area contributed by atoms with Gasteiger partial charge in [0.15, 0.2) is 11.4 Å². The van der Waals surface area contributed by atoms with Gasteiger partial charge in [0.2, 0.25) is 0 Å². The molecule has 8 rings (SSSR count). The summed E-state index contributed by atoms with van der Waals surface area (Å²) in [6, 6.07) is 43.2. The molecule has 2 aliphatic rings. The Kier molecular flexibility index (Phi) is 17.1. The molecule has 1 N–H and O–H groups in total. The molecule has 2 atom stereocenters. The Hall–Kier alpha value is -6.81. The van der Waals surface area contributed by atoms with Crippen molar-refractivity contribution in [2.75, 3.05) is 52.4 Å². The molecular weight excluding hydrogens is 890 g/mol. The second-order valence-electron chi connectivity index (χ2n) is 15.6. The number of carbonyl (C=O) groups excluding carboxylic acids is 2. The van der Waals surface area contributed by atoms with Crippen LogP contribution in [0.2, 0.25) is 0 Å². The van der Waals surface area contributed by atoms with Gasteiger partial charge in [0.25, 0.3) is 11.1 Å². The van der Waals surface area contributed by atoms with E-state index in [4.69, 9.17) is 24.7 Å². The van der Waals surface area contributed by atoms with Crippen molar-refractivity contribution < 1.29 is 35.9 Å². The highest BCUT2D eigenvalue weighted by molar-refractivity contribution is 6.67. The molecule has 0 aliphatic carbocycles. The molecule has 1 amide bonds. The van der Waals surface area contributed by atoms with Crippen LogP contribution in [0.3, 0.4) is 0 Å². The zero-order valence-corrected chi connectivity index (χ0v) is 36.8. The molecule has 0 spiro atoms. The Balaban J connectivity index is 0.000000188. The van der Waals surface area contributed by atoms with E-state index in [1.165, 1.54) is 30.3 Å². The third-order valence-electron chi connectivity index (χ3n) is 11.2. The van der Waals surface area contributed by atoms with Gasteiger partial charge in [-0.1, -0.05) is 121 Å². The SMILES string of the molecule is FC(F)(F)c1ccc(C(c2ccccc2)N2CCNCC2)cc1.[C-]#[N+]c1cccc(C(=O)Cl)c1.[C-]#[N+]c1cccc(C(=O)N2CCN(C(c3ccccc3)c3ccc(C(F)(F)F)cc3)CC2)c1. The molecule has 2 heterocycles. The maximum atomic E-state index is 13.0.